The average Bonchev–Trinajstić information content (AvgIpc) is 3.20. The lowest BCUT2D eigenvalue weighted by molar-refractivity contribution is -0.121. The first kappa shape index (κ1) is 15.4. The molecule has 24 heavy (non-hydrogen) atoms. The fraction of sp³-hybridized carbons (Fsp3) is 0.474. The number of benzene rings is 1. The second kappa shape index (κ2) is 6.77. The molecule has 1 N–H and O–H groups in total. The highest BCUT2D eigenvalue weighted by atomic mass is 16.5. The van der Waals surface area contributed by atoms with Crippen molar-refractivity contribution in [2.24, 2.45) is 0 Å². The van der Waals surface area contributed by atoms with Gasteiger partial charge in [-0.2, -0.15) is 0 Å². The second-order valence-electron chi connectivity index (χ2n) is 6.79. The van der Waals surface area contributed by atoms with Crippen molar-refractivity contribution in [2.75, 3.05) is 18.4 Å². The molecule has 4 rings (SSSR count). The minimum absolute atomic E-state index is 0.0310. The molecule has 0 bridgehead atoms. The van der Waals surface area contributed by atoms with Crippen LogP contribution >= 0.6 is 0 Å². The maximum atomic E-state index is 12.9. The van der Waals surface area contributed by atoms with E-state index in [-0.39, 0.29) is 11.9 Å². The van der Waals surface area contributed by atoms with E-state index >= 15 is 0 Å². The van der Waals surface area contributed by atoms with Gasteiger partial charge in [-0.15, -0.1) is 0 Å². The number of likely N-dealkylation sites (tertiary alicyclic amines) is 1. The number of hydrogen-bond donors (Lipinski definition) is 1. The molecule has 0 spiro atoms. The fourth-order valence-electron chi connectivity index (χ4n) is 3.59. The van der Waals surface area contributed by atoms with Crippen LogP contribution in [0.25, 0.3) is 0 Å². The number of rotatable bonds is 5. The second-order valence-corrected chi connectivity index (χ2v) is 6.79. The van der Waals surface area contributed by atoms with Crippen molar-refractivity contribution >= 4 is 11.7 Å². The molecule has 2 heterocycles. The third-order valence-corrected chi connectivity index (χ3v) is 5.16. The lowest BCUT2D eigenvalue weighted by Gasteiger charge is -2.26. The summed E-state index contributed by atoms with van der Waals surface area (Å²) in [5.41, 5.74) is 1.03. The van der Waals surface area contributed by atoms with Gasteiger partial charge in [-0.3, -0.25) is 9.69 Å². The minimum Gasteiger partial charge on any atom is -0.359 e. The molecule has 1 atom stereocenters. The Bertz CT molecular complexity index is 688. The number of amides is 1. The molecule has 2 aromatic rings. The Morgan fingerprint density at radius 1 is 1.17 bits per heavy atom. The van der Waals surface area contributed by atoms with Gasteiger partial charge in [0, 0.05) is 12.0 Å². The van der Waals surface area contributed by atoms with Crippen LogP contribution < -0.4 is 5.32 Å². The van der Waals surface area contributed by atoms with E-state index in [2.05, 4.69) is 15.4 Å². The SMILES string of the molecule is O=C(Nc1cc(C2CCC2)on1)C(c1ccccc1)N1CCCC1. The topological polar surface area (TPSA) is 58.4 Å². The quantitative estimate of drug-likeness (QED) is 0.910. The molecule has 2 aliphatic rings. The van der Waals surface area contributed by atoms with Gasteiger partial charge in [0.1, 0.15) is 11.8 Å². The monoisotopic (exact) mass is 325 g/mol. The lowest BCUT2D eigenvalue weighted by Crippen LogP contribution is -2.35. The summed E-state index contributed by atoms with van der Waals surface area (Å²) in [6, 6.07) is 11.6. The highest BCUT2D eigenvalue weighted by Gasteiger charge is 2.30. The van der Waals surface area contributed by atoms with Crippen molar-refractivity contribution in [3.05, 3.63) is 47.7 Å². The summed E-state index contributed by atoms with van der Waals surface area (Å²) in [6.45, 7) is 1.91. The normalized spacial score (nSPS) is 19.8. The third-order valence-electron chi connectivity index (χ3n) is 5.16. The van der Waals surface area contributed by atoms with Gasteiger partial charge >= 0.3 is 0 Å². The molecule has 1 aromatic carbocycles. The maximum absolute atomic E-state index is 12.9. The minimum atomic E-state index is -0.266. The van der Waals surface area contributed by atoms with Crippen molar-refractivity contribution in [1.29, 1.82) is 0 Å². The molecule has 5 nitrogen and oxygen atoms in total. The first-order chi connectivity index (χ1) is 11.8. The van der Waals surface area contributed by atoms with E-state index in [4.69, 9.17) is 4.52 Å². The number of carbonyl (C=O) groups excluding carboxylic acids is 1. The Morgan fingerprint density at radius 2 is 1.92 bits per heavy atom. The average molecular weight is 325 g/mol. The Hall–Kier alpha value is -2.14. The molecular formula is C19H23N3O2. The summed E-state index contributed by atoms with van der Waals surface area (Å²) in [5.74, 6) is 1.87. The Morgan fingerprint density at radius 3 is 2.58 bits per heavy atom. The van der Waals surface area contributed by atoms with Gasteiger partial charge in [-0.1, -0.05) is 41.9 Å². The highest BCUT2D eigenvalue weighted by Crippen LogP contribution is 2.37. The number of hydrogen-bond acceptors (Lipinski definition) is 4. The predicted molar refractivity (Wildman–Crippen MR) is 91.7 cm³/mol. The molecule has 5 heteroatoms. The molecule has 1 saturated carbocycles. The number of nitrogens with one attached hydrogen (secondary N) is 1. The molecule has 1 aromatic heterocycles. The molecule has 1 aliphatic carbocycles. The zero-order chi connectivity index (χ0) is 16.4. The van der Waals surface area contributed by atoms with Crippen LogP contribution in [0.1, 0.15) is 55.4 Å². The van der Waals surface area contributed by atoms with Crippen LogP contribution in [0.3, 0.4) is 0 Å². The Balaban J connectivity index is 1.51. The molecule has 1 aliphatic heterocycles. The smallest absolute Gasteiger partial charge is 0.247 e. The molecule has 1 saturated heterocycles. The van der Waals surface area contributed by atoms with Gasteiger partial charge in [0.15, 0.2) is 5.82 Å². The van der Waals surface area contributed by atoms with E-state index in [9.17, 15) is 4.79 Å². The first-order valence-electron chi connectivity index (χ1n) is 8.88. The van der Waals surface area contributed by atoms with Crippen molar-refractivity contribution < 1.29 is 9.32 Å². The van der Waals surface area contributed by atoms with E-state index in [1.54, 1.807) is 0 Å². The standard InChI is InChI=1S/C19H23N3O2/c23-19(20-17-13-16(24-21-17)14-9-6-10-14)18(22-11-4-5-12-22)15-7-2-1-3-8-15/h1-3,7-8,13-14,18H,4-6,9-12H2,(H,20,21,23). The highest BCUT2D eigenvalue weighted by molar-refractivity contribution is 5.94. The number of aromatic nitrogens is 1. The summed E-state index contributed by atoms with van der Waals surface area (Å²) in [6.07, 6.45) is 5.85. The zero-order valence-corrected chi connectivity index (χ0v) is 13.8. The lowest BCUT2D eigenvalue weighted by atomic mass is 9.84. The van der Waals surface area contributed by atoms with Crippen molar-refractivity contribution in [1.82, 2.24) is 10.1 Å². The fourth-order valence-corrected chi connectivity index (χ4v) is 3.59. The van der Waals surface area contributed by atoms with Crippen LogP contribution in [0.4, 0.5) is 5.82 Å². The van der Waals surface area contributed by atoms with E-state index in [1.807, 2.05) is 36.4 Å². The van der Waals surface area contributed by atoms with Crippen molar-refractivity contribution in [3.63, 3.8) is 0 Å². The summed E-state index contributed by atoms with van der Waals surface area (Å²) in [7, 11) is 0. The van der Waals surface area contributed by atoms with E-state index in [1.165, 1.54) is 6.42 Å². The van der Waals surface area contributed by atoms with Crippen LogP contribution in [-0.2, 0) is 4.79 Å². The zero-order valence-electron chi connectivity index (χ0n) is 13.8. The van der Waals surface area contributed by atoms with E-state index < -0.39 is 0 Å². The number of carbonyl (C=O) groups is 1. The molecule has 1 unspecified atom stereocenters. The molecule has 2 fully saturated rings. The molecular weight excluding hydrogens is 302 g/mol. The summed E-state index contributed by atoms with van der Waals surface area (Å²) >= 11 is 0. The summed E-state index contributed by atoms with van der Waals surface area (Å²) in [4.78, 5) is 15.2. The van der Waals surface area contributed by atoms with Gasteiger partial charge < -0.3 is 9.84 Å². The van der Waals surface area contributed by atoms with Crippen LogP contribution in [0.15, 0.2) is 40.9 Å². The van der Waals surface area contributed by atoms with Gasteiger partial charge in [-0.05, 0) is 44.3 Å². The largest absolute Gasteiger partial charge is 0.359 e. The van der Waals surface area contributed by atoms with Gasteiger partial charge in [0.25, 0.3) is 0 Å². The van der Waals surface area contributed by atoms with Gasteiger partial charge in [-0.25, -0.2) is 0 Å². The van der Waals surface area contributed by atoms with Gasteiger partial charge in [0.05, 0.1) is 0 Å². The molecule has 0 radical (unpaired) electrons. The first-order valence-corrected chi connectivity index (χ1v) is 8.88. The Labute approximate surface area is 142 Å². The van der Waals surface area contributed by atoms with Gasteiger partial charge in [0.2, 0.25) is 5.91 Å². The summed E-state index contributed by atoms with van der Waals surface area (Å²) in [5, 5.41) is 6.99. The number of anilines is 1. The number of nitrogens with zero attached hydrogens (tertiary/aromatic N) is 2. The van der Waals surface area contributed by atoms with E-state index in [0.717, 1.165) is 50.1 Å². The van der Waals surface area contributed by atoms with Crippen LogP contribution in [-0.4, -0.2) is 29.1 Å². The summed E-state index contributed by atoms with van der Waals surface area (Å²) < 4.78 is 5.40. The Kier molecular flexibility index (Phi) is 4.34. The van der Waals surface area contributed by atoms with E-state index in [0.29, 0.717) is 11.7 Å². The molecule has 1 amide bonds. The molecule has 126 valence electrons. The maximum Gasteiger partial charge on any atom is 0.247 e. The van der Waals surface area contributed by atoms with Crippen LogP contribution in [0.2, 0.25) is 0 Å². The van der Waals surface area contributed by atoms with Crippen molar-refractivity contribution in [3.8, 4) is 0 Å². The predicted octanol–water partition coefficient (Wildman–Crippen LogP) is 3.72. The van der Waals surface area contributed by atoms with Crippen molar-refractivity contribution in [2.45, 2.75) is 44.1 Å². The van der Waals surface area contributed by atoms with Crippen LogP contribution in [0.5, 0.6) is 0 Å². The van der Waals surface area contributed by atoms with Crippen LogP contribution in [0, 0.1) is 0 Å². The third kappa shape index (κ3) is 3.08.